The second-order valence-electron chi connectivity index (χ2n) is 10.6. The first-order chi connectivity index (χ1) is 17.0. The number of halogens is 1. The van der Waals surface area contributed by atoms with Gasteiger partial charge in [-0.15, -0.1) is 0 Å². The summed E-state index contributed by atoms with van der Waals surface area (Å²) in [6.45, 7) is 8.27. The molecule has 0 aliphatic carbocycles. The Morgan fingerprint density at radius 1 is 1.06 bits per heavy atom. The summed E-state index contributed by atoms with van der Waals surface area (Å²) in [6, 6.07) is 9.18. The van der Waals surface area contributed by atoms with E-state index < -0.39 is 5.67 Å². The van der Waals surface area contributed by atoms with Gasteiger partial charge >= 0.3 is 0 Å². The van der Waals surface area contributed by atoms with Gasteiger partial charge in [-0.2, -0.15) is 5.10 Å². The van der Waals surface area contributed by atoms with Crippen LogP contribution in [0.25, 0.3) is 22.3 Å². The molecule has 0 spiro atoms. The van der Waals surface area contributed by atoms with Crippen LogP contribution in [0.3, 0.4) is 0 Å². The van der Waals surface area contributed by atoms with E-state index in [1.807, 2.05) is 0 Å². The molecule has 0 amide bonds. The summed E-state index contributed by atoms with van der Waals surface area (Å²) in [4.78, 5) is 13.7. The highest BCUT2D eigenvalue weighted by Crippen LogP contribution is 2.35. The summed E-state index contributed by atoms with van der Waals surface area (Å²) in [5, 5.41) is 9.13. The van der Waals surface area contributed by atoms with Gasteiger partial charge in [0.1, 0.15) is 23.5 Å². The lowest BCUT2D eigenvalue weighted by Crippen LogP contribution is -2.63. The highest BCUT2D eigenvalue weighted by atomic mass is 19.1. The molecule has 0 saturated carbocycles. The van der Waals surface area contributed by atoms with Crippen molar-refractivity contribution in [1.82, 2.24) is 34.9 Å². The lowest BCUT2D eigenvalue weighted by molar-refractivity contribution is -0.0260. The molecule has 5 heterocycles. The van der Waals surface area contributed by atoms with Crippen molar-refractivity contribution >= 4 is 16.9 Å². The molecule has 0 atom stereocenters. The van der Waals surface area contributed by atoms with Crippen molar-refractivity contribution in [2.75, 3.05) is 51.5 Å². The number of piperidine rings is 2. The Morgan fingerprint density at radius 3 is 2.49 bits per heavy atom. The Bertz CT molecular complexity index is 1170. The number of benzene rings is 1. The predicted octanol–water partition coefficient (Wildman–Crippen LogP) is 2.80. The third-order valence-electron chi connectivity index (χ3n) is 8.15. The van der Waals surface area contributed by atoms with E-state index in [4.69, 9.17) is 10.8 Å². The van der Waals surface area contributed by atoms with Crippen LogP contribution in [-0.4, -0.2) is 87.1 Å². The zero-order valence-corrected chi connectivity index (χ0v) is 20.5. The fraction of sp³-hybridized carbons (Fsp3) is 0.577. The van der Waals surface area contributed by atoms with E-state index in [-0.39, 0.29) is 6.04 Å². The smallest absolute Gasteiger partial charge is 0.164 e. The molecule has 6 rings (SSSR count). The van der Waals surface area contributed by atoms with Crippen LogP contribution in [0.4, 0.5) is 10.2 Å². The van der Waals surface area contributed by atoms with Crippen LogP contribution in [0.1, 0.15) is 37.3 Å². The first kappa shape index (κ1) is 22.8. The minimum absolute atomic E-state index is 0.280. The molecule has 3 fully saturated rings. The summed E-state index contributed by atoms with van der Waals surface area (Å²) in [5.41, 5.74) is 9.20. The minimum Gasteiger partial charge on any atom is -0.383 e. The molecule has 3 aromatic rings. The van der Waals surface area contributed by atoms with E-state index in [1.54, 1.807) is 0 Å². The quantitative estimate of drug-likeness (QED) is 0.583. The average Bonchev–Trinajstić information content (AvgIpc) is 3.23. The van der Waals surface area contributed by atoms with Crippen molar-refractivity contribution < 1.29 is 4.39 Å². The van der Waals surface area contributed by atoms with Gasteiger partial charge in [0.2, 0.25) is 0 Å². The normalized spacial score (nSPS) is 22.5. The molecule has 3 aliphatic heterocycles. The molecule has 2 aromatic heterocycles. The zero-order valence-electron chi connectivity index (χ0n) is 20.5. The Morgan fingerprint density at radius 2 is 1.77 bits per heavy atom. The van der Waals surface area contributed by atoms with E-state index in [9.17, 15) is 0 Å². The fourth-order valence-corrected chi connectivity index (χ4v) is 6.00. The summed E-state index contributed by atoms with van der Waals surface area (Å²) in [5.74, 6) is 0.475. The lowest BCUT2D eigenvalue weighted by atomic mass is 9.91. The minimum atomic E-state index is -1.01. The van der Waals surface area contributed by atoms with Crippen molar-refractivity contribution in [1.29, 1.82) is 0 Å². The van der Waals surface area contributed by atoms with Gasteiger partial charge in [-0.3, -0.25) is 9.80 Å². The third kappa shape index (κ3) is 4.41. The number of aromatic nitrogens is 4. The summed E-state index contributed by atoms with van der Waals surface area (Å²) < 4.78 is 17.1. The van der Waals surface area contributed by atoms with E-state index in [1.165, 1.54) is 11.9 Å². The molecular weight excluding hydrogens is 443 g/mol. The summed E-state index contributed by atoms with van der Waals surface area (Å²) in [6.07, 6.45) is 4.84. The molecule has 0 unspecified atom stereocenters. The molecule has 3 N–H and O–H groups in total. The Kier molecular flexibility index (Phi) is 5.94. The molecular formula is C26H35FN8. The maximum absolute atomic E-state index is 15.0. The molecule has 8 nitrogen and oxygen atoms in total. The van der Waals surface area contributed by atoms with Crippen LogP contribution in [0.2, 0.25) is 0 Å². The standard InChI is InChI=1S/C26H35FN8/c1-18-2-4-19(5-3-18)23-22-24(28)30-17-31-25(22)35(32-23)20-6-12-34(13-7-20)21-14-33(15-21)16-26(27)8-10-29-11-9-26/h2-5,17,20-21,29H,6-16H2,1H3,(H2,28,30,31). The number of nitrogen functional groups attached to an aromatic ring is 1. The van der Waals surface area contributed by atoms with E-state index in [0.29, 0.717) is 31.2 Å². The van der Waals surface area contributed by atoms with Crippen molar-refractivity contribution in [2.45, 2.75) is 50.4 Å². The first-order valence-corrected chi connectivity index (χ1v) is 12.9. The predicted molar refractivity (Wildman–Crippen MR) is 136 cm³/mol. The fourth-order valence-electron chi connectivity index (χ4n) is 6.00. The third-order valence-corrected chi connectivity index (χ3v) is 8.15. The maximum Gasteiger partial charge on any atom is 0.164 e. The van der Waals surface area contributed by atoms with Crippen LogP contribution in [0, 0.1) is 6.92 Å². The molecule has 35 heavy (non-hydrogen) atoms. The summed E-state index contributed by atoms with van der Waals surface area (Å²) >= 11 is 0. The van der Waals surface area contributed by atoms with E-state index in [0.717, 1.165) is 74.4 Å². The van der Waals surface area contributed by atoms with Crippen molar-refractivity contribution in [3.63, 3.8) is 0 Å². The Labute approximate surface area is 205 Å². The topological polar surface area (TPSA) is 88.1 Å². The largest absolute Gasteiger partial charge is 0.383 e. The van der Waals surface area contributed by atoms with Crippen molar-refractivity contribution in [3.05, 3.63) is 36.2 Å². The zero-order chi connectivity index (χ0) is 24.0. The van der Waals surface area contributed by atoms with Crippen molar-refractivity contribution in [2.24, 2.45) is 0 Å². The highest BCUT2D eigenvalue weighted by molar-refractivity contribution is 5.98. The van der Waals surface area contributed by atoms with Crippen molar-refractivity contribution in [3.8, 4) is 11.3 Å². The summed E-state index contributed by atoms with van der Waals surface area (Å²) in [7, 11) is 0. The van der Waals surface area contributed by atoms with Gasteiger partial charge in [0.05, 0.1) is 11.4 Å². The molecule has 9 heteroatoms. The first-order valence-electron chi connectivity index (χ1n) is 12.9. The molecule has 0 bridgehead atoms. The van der Waals surface area contributed by atoms with Gasteiger partial charge in [-0.1, -0.05) is 29.8 Å². The number of nitrogens with two attached hydrogens (primary N) is 1. The number of nitrogens with one attached hydrogen (secondary N) is 1. The van der Waals surface area contributed by atoms with Crippen LogP contribution in [0.5, 0.6) is 0 Å². The molecule has 3 saturated heterocycles. The van der Waals surface area contributed by atoms with Crippen LogP contribution >= 0.6 is 0 Å². The molecule has 3 aliphatic rings. The van der Waals surface area contributed by atoms with Gasteiger partial charge < -0.3 is 11.1 Å². The number of anilines is 1. The van der Waals surface area contributed by atoms with Gasteiger partial charge in [0.25, 0.3) is 0 Å². The van der Waals surface area contributed by atoms with Gasteiger partial charge in [-0.05, 0) is 45.7 Å². The number of rotatable bonds is 5. The monoisotopic (exact) mass is 478 g/mol. The number of likely N-dealkylation sites (tertiary alicyclic amines) is 2. The number of hydrogen-bond donors (Lipinski definition) is 2. The average molecular weight is 479 g/mol. The molecule has 186 valence electrons. The van der Waals surface area contributed by atoms with Gasteiger partial charge in [-0.25, -0.2) is 19.0 Å². The molecule has 0 radical (unpaired) electrons. The number of hydrogen-bond acceptors (Lipinski definition) is 7. The molecule has 1 aromatic carbocycles. The van der Waals surface area contributed by atoms with Crippen LogP contribution < -0.4 is 11.1 Å². The SMILES string of the molecule is Cc1ccc(-c2nn(C3CCN(C4CN(CC5(F)CCNCC5)C4)CC3)c3ncnc(N)c23)cc1. The van der Waals surface area contributed by atoms with E-state index in [2.05, 4.69) is 61.0 Å². The Balaban J connectivity index is 1.12. The Hall–Kier alpha value is -2.62. The second-order valence-corrected chi connectivity index (χ2v) is 10.6. The van der Waals surface area contributed by atoms with E-state index >= 15 is 4.39 Å². The van der Waals surface area contributed by atoms with Crippen LogP contribution in [0.15, 0.2) is 30.6 Å². The number of fused-ring (bicyclic) bond motifs is 1. The maximum atomic E-state index is 15.0. The van der Waals surface area contributed by atoms with Gasteiger partial charge in [0, 0.05) is 44.3 Å². The number of nitrogens with zero attached hydrogens (tertiary/aromatic N) is 6. The lowest BCUT2D eigenvalue weighted by Gasteiger charge is -2.49. The number of alkyl halides is 1. The number of aryl methyl sites for hydroxylation is 1. The van der Waals surface area contributed by atoms with Crippen LogP contribution in [-0.2, 0) is 0 Å². The second kappa shape index (κ2) is 9.11. The highest BCUT2D eigenvalue weighted by Gasteiger charge is 2.40. The van der Waals surface area contributed by atoms with Gasteiger partial charge in [0.15, 0.2) is 5.65 Å².